The molecule has 1 fully saturated rings. The van der Waals surface area contributed by atoms with Crippen LogP contribution in [0.5, 0.6) is 0 Å². The maximum Gasteiger partial charge on any atom is 0.0747 e. The molecular weight excluding hydrogens is 328 g/mol. The molecule has 0 radical (unpaired) electrons. The van der Waals surface area contributed by atoms with Gasteiger partial charge in [0.15, 0.2) is 0 Å². The minimum atomic E-state index is 0.292. The lowest BCUT2D eigenvalue weighted by molar-refractivity contribution is 0.229. The van der Waals surface area contributed by atoms with Crippen molar-refractivity contribution < 1.29 is 5.11 Å². The number of benzene rings is 1. The van der Waals surface area contributed by atoms with E-state index in [2.05, 4.69) is 44.0 Å². The van der Waals surface area contributed by atoms with Crippen LogP contribution in [0.15, 0.2) is 34.9 Å². The predicted octanol–water partition coefficient (Wildman–Crippen LogP) is 3.73. The number of aromatic nitrogens is 1. The van der Waals surface area contributed by atoms with Gasteiger partial charge in [-0.1, -0.05) is 22.0 Å². The lowest BCUT2D eigenvalue weighted by atomic mass is 10.1. The van der Waals surface area contributed by atoms with Gasteiger partial charge in [0.2, 0.25) is 0 Å². The molecule has 1 aromatic carbocycles. The molecule has 3 nitrogen and oxygen atoms in total. The van der Waals surface area contributed by atoms with Crippen LogP contribution in [-0.4, -0.2) is 34.2 Å². The monoisotopic (exact) mass is 348 g/mol. The molecule has 0 atom stereocenters. The van der Waals surface area contributed by atoms with E-state index in [1.54, 1.807) is 0 Å². The molecule has 0 saturated heterocycles. The van der Waals surface area contributed by atoms with Gasteiger partial charge in [-0.15, -0.1) is 0 Å². The summed E-state index contributed by atoms with van der Waals surface area (Å²) in [4.78, 5) is 7.11. The zero-order valence-corrected chi connectivity index (χ0v) is 13.7. The highest BCUT2D eigenvalue weighted by Crippen LogP contribution is 2.31. The number of pyridine rings is 1. The Balaban J connectivity index is 1.81. The molecule has 1 heterocycles. The van der Waals surface area contributed by atoms with Gasteiger partial charge < -0.3 is 5.11 Å². The van der Waals surface area contributed by atoms with Crippen LogP contribution in [0.1, 0.15) is 31.2 Å². The summed E-state index contributed by atoms with van der Waals surface area (Å²) in [5, 5.41) is 10.2. The van der Waals surface area contributed by atoms with Crippen molar-refractivity contribution in [3.8, 4) is 0 Å². The molecule has 1 N–H and O–H groups in total. The normalized spacial score (nSPS) is 15.0. The first kappa shape index (κ1) is 14.9. The van der Waals surface area contributed by atoms with Crippen LogP contribution >= 0.6 is 15.9 Å². The van der Waals surface area contributed by atoms with Crippen LogP contribution in [0.25, 0.3) is 10.9 Å². The molecule has 1 saturated carbocycles. The van der Waals surface area contributed by atoms with Gasteiger partial charge in [0.25, 0.3) is 0 Å². The Kier molecular flexibility index (Phi) is 4.88. The standard InChI is InChI=1S/C17H21BrN2O/c18-15-10-13-4-3-7-19-17(13)14(11-15)12-20(16-5-6-16)8-1-2-9-21/h3-4,7,10-11,16,21H,1-2,5-6,8-9,12H2. The van der Waals surface area contributed by atoms with E-state index in [1.807, 2.05) is 12.3 Å². The Morgan fingerprint density at radius 2 is 2.14 bits per heavy atom. The van der Waals surface area contributed by atoms with Crippen molar-refractivity contribution in [1.82, 2.24) is 9.88 Å². The highest BCUT2D eigenvalue weighted by Gasteiger charge is 2.28. The Bertz CT molecular complexity index is 613. The van der Waals surface area contributed by atoms with Gasteiger partial charge in [-0.25, -0.2) is 0 Å². The molecule has 21 heavy (non-hydrogen) atoms. The molecular formula is C17H21BrN2O. The lowest BCUT2D eigenvalue weighted by Gasteiger charge is -2.22. The summed E-state index contributed by atoms with van der Waals surface area (Å²) in [6, 6.07) is 9.14. The number of nitrogens with zero attached hydrogens (tertiary/aromatic N) is 2. The van der Waals surface area contributed by atoms with Crippen LogP contribution < -0.4 is 0 Å². The van der Waals surface area contributed by atoms with E-state index in [0.29, 0.717) is 6.61 Å². The second-order valence-corrected chi connectivity index (χ2v) is 6.69. The smallest absolute Gasteiger partial charge is 0.0747 e. The molecule has 0 unspecified atom stereocenters. The number of hydrogen-bond acceptors (Lipinski definition) is 3. The summed E-state index contributed by atoms with van der Waals surface area (Å²) in [6.45, 7) is 2.30. The van der Waals surface area contributed by atoms with Crippen molar-refractivity contribution in [2.75, 3.05) is 13.2 Å². The molecule has 1 aromatic heterocycles. The van der Waals surface area contributed by atoms with Crippen molar-refractivity contribution in [2.24, 2.45) is 0 Å². The largest absolute Gasteiger partial charge is 0.396 e. The average molecular weight is 349 g/mol. The maximum absolute atomic E-state index is 8.97. The summed E-state index contributed by atoms with van der Waals surface area (Å²) in [5.41, 5.74) is 2.39. The maximum atomic E-state index is 8.97. The Morgan fingerprint density at radius 1 is 1.29 bits per heavy atom. The Labute approximate surface area is 134 Å². The van der Waals surface area contributed by atoms with E-state index in [-0.39, 0.29) is 0 Å². The molecule has 2 aromatic rings. The lowest BCUT2D eigenvalue weighted by Crippen LogP contribution is -2.27. The van der Waals surface area contributed by atoms with Crippen LogP contribution in [-0.2, 0) is 6.54 Å². The third-order valence-corrected chi connectivity index (χ3v) is 4.50. The summed E-state index contributed by atoms with van der Waals surface area (Å²) in [7, 11) is 0. The van der Waals surface area contributed by atoms with E-state index in [0.717, 1.165) is 42.0 Å². The van der Waals surface area contributed by atoms with Crippen molar-refractivity contribution in [1.29, 1.82) is 0 Å². The highest BCUT2D eigenvalue weighted by molar-refractivity contribution is 9.10. The van der Waals surface area contributed by atoms with Crippen LogP contribution in [0.4, 0.5) is 0 Å². The van der Waals surface area contributed by atoms with E-state index in [9.17, 15) is 0 Å². The topological polar surface area (TPSA) is 36.4 Å². The highest BCUT2D eigenvalue weighted by atomic mass is 79.9. The molecule has 4 heteroatoms. The van der Waals surface area contributed by atoms with Gasteiger partial charge in [-0.3, -0.25) is 9.88 Å². The van der Waals surface area contributed by atoms with Gasteiger partial charge in [0.1, 0.15) is 0 Å². The van der Waals surface area contributed by atoms with E-state index >= 15 is 0 Å². The van der Waals surface area contributed by atoms with Crippen LogP contribution in [0.3, 0.4) is 0 Å². The number of unbranched alkanes of at least 4 members (excludes halogenated alkanes) is 1. The fourth-order valence-corrected chi connectivity index (χ4v) is 3.35. The Hall–Kier alpha value is -0.970. The molecule has 1 aliphatic rings. The van der Waals surface area contributed by atoms with Crippen molar-refractivity contribution in [3.63, 3.8) is 0 Å². The number of fused-ring (bicyclic) bond motifs is 1. The van der Waals surface area contributed by atoms with Crippen LogP contribution in [0, 0.1) is 0 Å². The molecule has 0 spiro atoms. The van der Waals surface area contributed by atoms with Gasteiger partial charge in [0.05, 0.1) is 5.52 Å². The van der Waals surface area contributed by atoms with Gasteiger partial charge in [0, 0.05) is 35.2 Å². The number of rotatable bonds is 7. The number of aliphatic hydroxyl groups is 1. The van der Waals surface area contributed by atoms with Crippen molar-refractivity contribution in [3.05, 3.63) is 40.5 Å². The predicted molar refractivity (Wildman–Crippen MR) is 89.2 cm³/mol. The minimum absolute atomic E-state index is 0.292. The second kappa shape index (κ2) is 6.86. The van der Waals surface area contributed by atoms with E-state index < -0.39 is 0 Å². The number of halogens is 1. The van der Waals surface area contributed by atoms with Crippen LogP contribution in [0.2, 0.25) is 0 Å². The summed E-state index contributed by atoms with van der Waals surface area (Å²) < 4.78 is 1.11. The van der Waals surface area contributed by atoms with E-state index in [1.165, 1.54) is 23.8 Å². The Morgan fingerprint density at radius 3 is 2.90 bits per heavy atom. The second-order valence-electron chi connectivity index (χ2n) is 5.77. The minimum Gasteiger partial charge on any atom is -0.396 e. The molecule has 1 aliphatic carbocycles. The van der Waals surface area contributed by atoms with Gasteiger partial charge in [-0.05, 0) is 56.0 Å². The molecule has 0 amide bonds. The number of aliphatic hydroxyl groups excluding tert-OH is 1. The summed E-state index contributed by atoms with van der Waals surface area (Å²) in [5.74, 6) is 0. The molecule has 3 rings (SSSR count). The molecule has 112 valence electrons. The zero-order valence-electron chi connectivity index (χ0n) is 12.1. The van der Waals surface area contributed by atoms with Gasteiger partial charge >= 0.3 is 0 Å². The average Bonchev–Trinajstić information content (AvgIpc) is 3.31. The third kappa shape index (κ3) is 3.82. The number of hydrogen-bond donors (Lipinski definition) is 1. The van der Waals surface area contributed by atoms with Gasteiger partial charge in [-0.2, -0.15) is 0 Å². The SMILES string of the molecule is OCCCCN(Cc1cc(Br)cc2cccnc12)C1CC1. The third-order valence-electron chi connectivity index (χ3n) is 4.04. The summed E-state index contributed by atoms with van der Waals surface area (Å²) >= 11 is 3.61. The first-order valence-corrected chi connectivity index (χ1v) is 8.45. The molecule has 0 bridgehead atoms. The summed E-state index contributed by atoms with van der Waals surface area (Å²) in [6.07, 6.45) is 6.43. The fraction of sp³-hybridized carbons (Fsp3) is 0.471. The van der Waals surface area contributed by atoms with E-state index in [4.69, 9.17) is 5.11 Å². The fourth-order valence-electron chi connectivity index (χ4n) is 2.82. The molecule has 0 aliphatic heterocycles. The quantitative estimate of drug-likeness (QED) is 0.774. The first-order valence-electron chi connectivity index (χ1n) is 7.66. The van der Waals surface area contributed by atoms with Crippen molar-refractivity contribution >= 4 is 26.8 Å². The first-order chi connectivity index (χ1) is 10.3. The van der Waals surface area contributed by atoms with Crippen molar-refractivity contribution in [2.45, 2.75) is 38.3 Å². The zero-order chi connectivity index (χ0) is 14.7.